The van der Waals surface area contributed by atoms with Crippen molar-refractivity contribution in [1.29, 1.82) is 5.26 Å². The molecule has 0 saturated carbocycles. The van der Waals surface area contributed by atoms with Crippen molar-refractivity contribution >= 4 is 54.8 Å². The molecule has 7 heteroatoms. The van der Waals surface area contributed by atoms with Gasteiger partial charge in [-0.3, -0.25) is 4.79 Å². The van der Waals surface area contributed by atoms with E-state index in [1.165, 1.54) is 11.3 Å². The van der Waals surface area contributed by atoms with E-state index in [-0.39, 0.29) is 12.3 Å². The number of anilines is 1. The Morgan fingerprint density at radius 3 is 2.57 bits per heavy atom. The molecule has 0 unspecified atom stereocenters. The molecule has 0 aliphatic heterocycles. The van der Waals surface area contributed by atoms with Gasteiger partial charge in [-0.15, -0.1) is 11.3 Å². The summed E-state index contributed by atoms with van der Waals surface area (Å²) in [5.41, 5.74) is 0.745. The number of hydrogen-bond acceptors (Lipinski definition) is 4. The highest BCUT2D eigenvalue weighted by molar-refractivity contribution is 9.13. The number of carbonyl (C=O) groups excluding carboxylic acids is 1. The van der Waals surface area contributed by atoms with Gasteiger partial charge in [0.2, 0.25) is 0 Å². The summed E-state index contributed by atoms with van der Waals surface area (Å²) in [4.78, 5) is 15.0. The van der Waals surface area contributed by atoms with Gasteiger partial charge >= 0.3 is 0 Å². The highest BCUT2D eigenvalue weighted by atomic mass is 79.9. The maximum atomic E-state index is 12.8. The molecule has 4 nitrogen and oxygen atoms in total. The summed E-state index contributed by atoms with van der Waals surface area (Å²) in [6.07, 6.45) is 0.271. The highest BCUT2D eigenvalue weighted by Gasteiger charge is 2.20. The SMILES string of the molecule is CCOc1ccc(N(CCC#N)C(=O)c2cc(Br)c(Br)s2)cc1. The summed E-state index contributed by atoms with van der Waals surface area (Å²) in [5, 5.41) is 8.86. The molecule has 0 radical (unpaired) electrons. The van der Waals surface area contributed by atoms with Crippen molar-refractivity contribution < 1.29 is 9.53 Å². The number of amides is 1. The van der Waals surface area contributed by atoms with Crippen LogP contribution in [-0.2, 0) is 0 Å². The molecule has 0 aliphatic carbocycles. The van der Waals surface area contributed by atoms with Crippen LogP contribution in [-0.4, -0.2) is 19.1 Å². The monoisotopic (exact) mass is 456 g/mol. The third kappa shape index (κ3) is 4.56. The number of nitriles is 1. The lowest BCUT2D eigenvalue weighted by atomic mass is 10.2. The van der Waals surface area contributed by atoms with Gasteiger partial charge in [0.1, 0.15) is 5.75 Å². The minimum absolute atomic E-state index is 0.124. The predicted molar refractivity (Wildman–Crippen MR) is 99.2 cm³/mol. The van der Waals surface area contributed by atoms with E-state index >= 15 is 0 Å². The van der Waals surface area contributed by atoms with Crippen LogP contribution in [0.25, 0.3) is 0 Å². The summed E-state index contributed by atoms with van der Waals surface area (Å²) in [6.45, 7) is 2.85. The molecule has 0 saturated heterocycles. The summed E-state index contributed by atoms with van der Waals surface area (Å²) in [5.74, 6) is 0.631. The summed E-state index contributed by atoms with van der Waals surface area (Å²) in [7, 11) is 0. The Balaban J connectivity index is 2.28. The first kappa shape index (κ1) is 18.0. The molecule has 1 aromatic heterocycles. The van der Waals surface area contributed by atoms with Crippen molar-refractivity contribution in [2.45, 2.75) is 13.3 Å². The van der Waals surface area contributed by atoms with Gasteiger partial charge in [-0.1, -0.05) is 0 Å². The molecular weight excluding hydrogens is 444 g/mol. The number of rotatable bonds is 6. The average Bonchev–Trinajstić information content (AvgIpc) is 2.88. The fourth-order valence-electron chi connectivity index (χ4n) is 1.98. The summed E-state index contributed by atoms with van der Waals surface area (Å²) < 4.78 is 7.13. The molecule has 0 fully saturated rings. The third-order valence-electron chi connectivity index (χ3n) is 3.01. The topological polar surface area (TPSA) is 53.3 Å². The van der Waals surface area contributed by atoms with Gasteiger partial charge in [0.15, 0.2) is 0 Å². The summed E-state index contributed by atoms with van der Waals surface area (Å²) >= 11 is 8.16. The predicted octanol–water partition coefficient (Wildman–Crippen LogP) is 5.23. The largest absolute Gasteiger partial charge is 0.494 e. The zero-order chi connectivity index (χ0) is 16.8. The van der Waals surface area contributed by atoms with Crippen molar-refractivity contribution in [3.05, 3.63) is 43.5 Å². The van der Waals surface area contributed by atoms with E-state index in [2.05, 4.69) is 37.9 Å². The molecule has 0 N–H and O–H groups in total. The van der Waals surface area contributed by atoms with E-state index < -0.39 is 0 Å². The molecule has 0 bridgehead atoms. The van der Waals surface area contributed by atoms with Crippen LogP contribution < -0.4 is 9.64 Å². The molecular formula is C16H14Br2N2O2S. The van der Waals surface area contributed by atoms with E-state index in [0.717, 1.165) is 19.7 Å². The molecule has 120 valence electrons. The Morgan fingerprint density at radius 2 is 2.04 bits per heavy atom. The van der Waals surface area contributed by atoms with Crippen molar-refractivity contribution in [2.24, 2.45) is 0 Å². The van der Waals surface area contributed by atoms with Crippen molar-refractivity contribution in [3.63, 3.8) is 0 Å². The van der Waals surface area contributed by atoms with Gasteiger partial charge in [0, 0.05) is 16.7 Å². The Morgan fingerprint density at radius 1 is 1.35 bits per heavy atom. The van der Waals surface area contributed by atoms with Gasteiger partial charge in [0.25, 0.3) is 5.91 Å². The van der Waals surface area contributed by atoms with Gasteiger partial charge in [-0.2, -0.15) is 5.26 Å². The minimum atomic E-state index is -0.124. The van der Waals surface area contributed by atoms with Crippen molar-refractivity contribution in [2.75, 3.05) is 18.1 Å². The number of hydrogen-bond donors (Lipinski definition) is 0. The Kier molecular flexibility index (Phi) is 6.63. The van der Waals surface area contributed by atoms with Crippen LogP contribution in [0.4, 0.5) is 5.69 Å². The Labute approximate surface area is 155 Å². The lowest BCUT2D eigenvalue weighted by molar-refractivity contribution is 0.0991. The zero-order valence-corrected chi connectivity index (χ0v) is 16.4. The first-order valence-electron chi connectivity index (χ1n) is 6.93. The van der Waals surface area contributed by atoms with Crippen LogP contribution in [0.5, 0.6) is 5.75 Å². The number of ether oxygens (including phenoxy) is 1. The molecule has 1 aromatic carbocycles. The fraction of sp³-hybridized carbons (Fsp3) is 0.250. The van der Waals surface area contributed by atoms with Gasteiger partial charge in [-0.25, -0.2) is 0 Å². The number of carbonyl (C=O) groups is 1. The second-order valence-electron chi connectivity index (χ2n) is 4.52. The smallest absolute Gasteiger partial charge is 0.268 e. The summed E-state index contributed by atoms with van der Waals surface area (Å²) in [6, 6.07) is 11.2. The normalized spacial score (nSPS) is 10.2. The lowest BCUT2D eigenvalue weighted by Gasteiger charge is -2.21. The maximum absolute atomic E-state index is 12.8. The van der Waals surface area contributed by atoms with Crippen molar-refractivity contribution in [1.82, 2.24) is 0 Å². The van der Waals surface area contributed by atoms with Crippen LogP contribution in [0.1, 0.15) is 23.0 Å². The van der Waals surface area contributed by atoms with E-state index in [0.29, 0.717) is 18.0 Å². The fourth-order valence-corrected chi connectivity index (χ4v) is 3.97. The number of halogens is 2. The standard InChI is InChI=1S/C16H14Br2N2O2S/c1-2-22-12-6-4-11(5-7-12)20(9-3-8-19)16(21)14-10-13(17)15(18)23-14/h4-7,10H,2-3,9H2,1H3. The van der Waals surface area contributed by atoms with Crippen LogP contribution >= 0.6 is 43.2 Å². The maximum Gasteiger partial charge on any atom is 0.268 e. The Bertz CT molecular complexity index is 703. The van der Waals surface area contributed by atoms with Crippen molar-refractivity contribution in [3.8, 4) is 11.8 Å². The molecule has 0 aliphatic rings. The number of benzene rings is 1. The first-order valence-corrected chi connectivity index (χ1v) is 9.33. The Hall–Kier alpha value is -1.36. The molecule has 1 heterocycles. The lowest BCUT2D eigenvalue weighted by Crippen LogP contribution is -2.31. The number of nitrogens with zero attached hydrogens (tertiary/aromatic N) is 2. The average molecular weight is 458 g/mol. The van der Waals surface area contributed by atoms with Crippen LogP contribution in [0, 0.1) is 11.3 Å². The molecule has 1 amide bonds. The molecule has 23 heavy (non-hydrogen) atoms. The van der Waals surface area contributed by atoms with E-state index in [4.69, 9.17) is 10.00 Å². The zero-order valence-electron chi connectivity index (χ0n) is 12.4. The highest BCUT2D eigenvalue weighted by Crippen LogP contribution is 2.34. The molecule has 0 spiro atoms. The van der Waals surface area contributed by atoms with E-state index in [9.17, 15) is 4.79 Å². The second-order valence-corrected chi connectivity index (χ2v) is 7.75. The second kappa shape index (κ2) is 8.48. The van der Waals surface area contributed by atoms with Gasteiger partial charge in [0.05, 0.1) is 27.8 Å². The van der Waals surface area contributed by atoms with Gasteiger partial charge < -0.3 is 9.64 Å². The molecule has 2 aromatic rings. The minimum Gasteiger partial charge on any atom is -0.494 e. The van der Waals surface area contributed by atoms with Crippen LogP contribution in [0.2, 0.25) is 0 Å². The van der Waals surface area contributed by atoms with Crippen LogP contribution in [0.3, 0.4) is 0 Å². The first-order chi connectivity index (χ1) is 11.1. The van der Waals surface area contributed by atoms with E-state index in [1.807, 2.05) is 31.2 Å². The quantitative estimate of drug-likeness (QED) is 0.596. The third-order valence-corrected chi connectivity index (χ3v) is 6.25. The molecule has 2 rings (SSSR count). The van der Waals surface area contributed by atoms with Crippen LogP contribution in [0.15, 0.2) is 38.6 Å². The van der Waals surface area contributed by atoms with E-state index in [1.54, 1.807) is 11.0 Å². The molecule has 0 atom stereocenters. The van der Waals surface area contributed by atoms with Gasteiger partial charge in [-0.05, 0) is 69.1 Å². The number of thiophene rings is 1.